The third-order valence-corrected chi connectivity index (χ3v) is 3.07. The van der Waals surface area contributed by atoms with E-state index in [1.54, 1.807) is 18.3 Å². The van der Waals surface area contributed by atoms with Gasteiger partial charge in [-0.15, -0.1) is 5.10 Å². The van der Waals surface area contributed by atoms with Gasteiger partial charge in [0.2, 0.25) is 0 Å². The second kappa shape index (κ2) is 4.84. The van der Waals surface area contributed by atoms with E-state index in [9.17, 15) is 4.79 Å². The summed E-state index contributed by atoms with van der Waals surface area (Å²) in [6.45, 7) is 2.43. The number of aromatic amines is 1. The molecule has 0 spiro atoms. The topological polar surface area (TPSA) is 87.4 Å². The SMILES string of the molecule is CCn1c(Sc2ccc(C#N)nc2)n[nH]c1=O. The zero-order valence-electron chi connectivity index (χ0n) is 9.04. The largest absolute Gasteiger partial charge is 0.343 e. The molecule has 0 radical (unpaired) electrons. The van der Waals surface area contributed by atoms with Crippen molar-refractivity contribution in [2.24, 2.45) is 0 Å². The molecule has 6 nitrogen and oxygen atoms in total. The zero-order chi connectivity index (χ0) is 12.3. The Morgan fingerprint density at radius 2 is 2.41 bits per heavy atom. The molecule has 1 N–H and O–H groups in total. The highest BCUT2D eigenvalue weighted by Crippen LogP contribution is 2.23. The molecule has 0 aromatic carbocycles. The van der Waals surface area contributed by atoms with Gasteiger partial charge in [0.15, 0.2) is 5.16 Å². The zero-order valence-corrected chi connectivity index (χ0v) is 9.86. The van der Waals surface area contributed by atoms with Gasteiger partial charge in [-0.2, -0.15) is 5.26 Å². The Morgan fingerprint density at radius 3 is 3.00 bits per heavy atom. The van der Waals surface area contributed by atoms with Crippen LogP contribution in [0.3, 0.4) is 0 Å². The maximum Gasteiger partial charge on any atom is 0.343 e. The van der Waals surface area contributed by atoms with Crippen molar-refractivity contribution in [3.63, 3.8) is 0 Å². The molecule has 0 atom stereocenters. The summed E-state index contributed by atoms with van der Waals surface area (Å²) in [5, 5.41) is 15.5. The second-order valence-electron chi connectivity index (χ2n) is 3.15. The predicted molar refractivity (Wildman–Crippen MR) is 61.6 cm³/mol. The first-order valence-electron chi connectivity index (χ1n) is 4.93. The molecule has 0 amide bonds. The van der Waals surface area contributed by atoms with Gasteiger partial charge < -0.3 is 0 Å². The third kappa shape index (κ3) is 2.37. The van der Waals surface area contributed by atoms with Crippen LogP contribution in [0.2, 0.25) is 0 Å². The van der Waals surface area contributed by atoms with E-state index in [-0.39, 0.29) is 5.69 Å². The van der Waals surface area contributed by atoms with E-state index in [0.29, 0.717) is 17.4 Å². The van der Waals surface area contributed by atoms with Gasteiger partial charge in [-0.1, -0.05) is 0 Å². The van der Waals surface area contributed by atoms with Crippen molar-refractivity contribution in [1.29, 1.82) is 5.26 Å². The van der Waals surface area contributed by atoms with Gasteiger partial charge in [-0.25, -0.2) is 14.9 Å². The van der Waals surface area contributed by atoms with Gasteiger partial charge in [-0.05, 0) is 30.8 Å². The van der Waals surface area contributed by atoms with Crippen molar-refractivity contribution < 1.29 is 0 Å². The summed E-state index contributed by atoms with van der Waals surface area (Å²) in [5.41, 5.74) is 0.140. The number of H-pyrrole nitrogens is 1. The lowest BCUT2D eigenvalue weighted by Crippen LogP contribution is -2.15. The minimum absolute atomic E-state index is 0.225. The lowest BCUT2D eigenvalue weighted by Gasteiger charge is -2.01. The van der Waals surface area contributed by atoms with Gasteiger partial charge >= 0.3 is 5.69 Å². The number of hydrogen-bond donors (Lipinski definition) is 1. The molecular formula is C10H9N5OS. The van der Waals surface area contributed by atoms with E-state index >= 15 is 0 Å². The van der Waals surface area contributed by atoms with Gasteiger partial charge in [0.05, 0.1) is 0 Å². The van der Waals surface area contributed by atoms with Gasteiger partial charge in [0.25, 0.3) is 0 Å². The lowest BCUT2D eigenvalue weighted by atomic mass is 10.4. The van der Waals surface area contributed by atoms with Crippen molar-refractivity contribution in [3.05, 3.63) is 34.5 Å². The summed E-state index contributed by atoms with van der Waals surface area (Å²) in [5.74, 6) is 0. The molecule has 0 aliphatic carbocycles. The van der Waals surface area contributed by atoms with E-state index < -0.39 is 0 Å². The Kier molecular flexibility index (Phi) is 3.25. The number of nitrogens with zero attached hydrogens (tertiary/aromatic N) is 4. The molecular weight excluding hydrogens is 238 g/mol. The van der Waals surface area contributed by atoms with Crippen LogP contribution in [0.4, 0.5) is 0 Å². The second-order valence-corrected chi connectivity index (χ2v) is 4.19. The average Bonchev–Trinajstić information content (AvgIpc) is 2.71. The molecule has 0 fully saturated rings. The fourth-order valence-electron chi connectivity index (χ4n) is 1.27. The van der Waals surface area contributed by atoms with Crippen molar-refractivity contribution >= 4 is 11.8 Å². The van der Waals surface area contributed by atoms with E-state index in [2.05, 4.69) is 15.2 Å². The summed E-state index contributed by atoms with van der Waals surface area (Å²) < 4.78 is 1.53. The highest BCUT2D eigenvalue weighted by atomic mass is 32.2. The van der Waals surface area contributed by atoms with Gasteiger partial charge in [-0.3, -0.25) is 4.57 Å². The first-order chi connectivity index (χ1) is 8.24. The van der Waals surface area contributed by atoms with Crippen molar-refractivity contribution in [1.82, 2.24) is 19.7 Å². The quantitative estimate of drug-likeness (QED) is 0.874. The van der Waals surface area contributed by atoms with E-state index in [0.717, 1.165) is 4.90 Å². The third-order valence-electron chi connectivity index (χ3n) is 2.10. The Bertz CT molecular complexity index is 607. The minimum atomic E-state index is -0.225. The molecule has 2 aromatic rings. The Hall–Kier alpha value is -2.07. The number of rotatable bonds is 3. The number of nitriles is 1. The van der Waals surface area contributed by atoms with Crippen LogP contribution in [0.15, 0.2) is 33.2 Å². The molecule has 2 aromatic heterocycles. The summed E-state index contributed by atoms with van der Waals surface area (Å²) >= 11 is 1.33. The summed E-state index contributed by atoms with van der Waals surface area (Å²) in [7, 11) is 0. The summed E-state index contributed by atoms with van der Waals surface area (Å²) in [4.78, 5) is 16.1. The highest BCUT2D eigenvalue weighted by molar-refractivity contribution is 7.99. The summed E-state index contributed by atoms with van der Waals surface area (Å²) in [6, 6.07) is 5.35. The van der Waals surface area contributed by atoms with Crippen molar-refractivity contribution in [2.45, 2.75) is 23.5 Å². The molecule has 0 bridgehead atoms. The maximum atomic E-state index is 11.3. The standard InChI is InChI=1S/C10H9N5OS/c1-2-15-9(16)13-14-10(15)17-8-4-3-7(5-11)12-6-8/h3-4,6H,2H2,1H3,(H,13,16). The molecule has 7 heteroatoms. The molecule has 2 rings (SSSR count). The van der Waals surface area contributed by atoms with Crippen molar-refractivity contribution in [3.8, 4) is 6.07 Å². The van der Waals surface area contributed by atoms with Gasteiger partial charge in [0, 0.05) is 17.6 Å². The van der Waals surface area contributed by atoms with Crippen LogP contribution < -0.4 is 5.69 Å². The molecule has 0 aliphatic heterocycles. The van der Waals surface area contributed by atoms with Crippen LogP contribution in [0.1, 0.15) is 12.6 Å². The lowest BCUT2D eigenvalue weighted by molar-refractivity contribution is 0.660. The molecule has 86 valence electrons. The fourth-order valence-corrected chi connectivity index (χ4v) is 2.14. The van der Waals surface area contributed by atoms with Crippen molar-refractivity contribution in [2.75, 3.05) is 0 Å². The van der Waals surface area contributed by atoms with E-state index in [1.807, 2.05) is 13.0 Å². The molecule has 17 heavy (non-hydrogen) atoms. The Morgan fingerprint density at radius 1 is 1.59 bits per heavy atom. The number of aromatic nitrogens is 4. The smallest absolute Gasteiger partial charge is 0.270 e. The monoisotopic (exact) mass is 247 g/mol. The van der Waals surface area contributed by atoms with Crippen LogP contribution in [0.25, 0.3) is 0 Å². The van der Waals surface area contributed by atoms with Crippen LogP contribution in [0, 0.1) is 11.3 Å². The first-order valence-corrected chi connectivity index (χ1v) is 5.75. The van der Waals surface area contributed by atoms with Crippen LogP contribution in [-0.2, 0) is 6.54 Å². The summed E-state index contributed by atoms with van der Waals surface area (Å²) in [6.07, 6.45) is 1.59. The number of pyridine rings is 1. The maximum absolute atomic E-state index is 11.3. The number of hydrogen-bond acceptors (Lipinski definition) is 5. The normalized spacial score (nSPS) is 10.1. The first kappa shape index (κ1) is 11.4. The van der Waals surface area contributed by atoms with Gasteiger partial charge in [0.1, 0.15) is 11.8 Å². The van der Waals surface area contributed by atoms with Crippen LogP contribution in [-0.4, -0.2) is 19.7 Å². The molecule has 0 unspecified atom stereocenters. The van der Waals surface area contributed by atoms with Crippen LogP contribution in [0.5, 0.6) is 0 Å². The predicted octanol–water partition coefficient (Wildman–Crippen LogP) is 1.01. The van der Waals surface area contributed by atoms with E-state index in [1.165, 1.54) is 16.3 Å². The fraction of sp³-hybridized carbons (Fsp3) is 0.200. The molecule has 0 aliphatic rings. The molecule has 0 saturated carbocycles. The Labute approximate surface area is 101 Å². The molecule has 2 heterocycles. The number of nitrogens with one attached hydrogen (secondary N) is 1. The van der Waals surface area contributed by atoms with E-state index in [4.69, 9.17) is 5.26 Å². The highest BCUT2D eigenvalue weighted by Gasteiger charge is 2.08. The van der Waals surface area contributed by atoms with Crippen LogP contribution >= 0.6 is 11.8 Å². The average molecular weight is 247 g/mol. The Balaban J connectivity index is 2.25. The molecule has 0 saturated heterocycles. The minimum Gasteiger partial charge on any atom is -0.270 e.